The van der Waals surface area contributed by atoms with Crippen LogP contribution in [0.15, 0.2) is 42.9 Å². The van der Waals surface area contributed by atoms with E-state index in [1.807, 2.05) is 30.3 Å². The molecule has 0 unspecified atom stereocenters. The molecule has 2 aromatic rings. The van der Waals surface area contributed by atoms with Gasteiger partial charge in [0.25, 0.3) is 5.91 Å². The highest BCUT2D eigenvalue weighted by molar-refractivity contribution is 7.91. The van der Waals surface area contributed by atoms with Crippen LogP contribution in [0.25, 0.3) is 5.69 Å². The van der Waals surface area contributed by atoms with Gasteiger partial charge in [-0.3, -0.25) is 9.36 Å². The predicted molar refractivity (Wildman–Crippen MR) is 78.1 cm³/mol. The average molecular weight is 305 g/mol. The summed E-state index contributed by atoms with van der Waals surface area (Å²) in [6.45, 7) is 0. The molecule has 1 fully saturated rings. The second-order valence-corrected chi connectivity index (χ2v) is 7.29. The molecule has 1 N–H and O–H groups in total. The Morgan fingerprint density at radius 3 is 2.71 bits per heavy atom. The molecule has 0 bridgehead atoms. The van der Waals surface area contributed by atoms with Crippen molar-refractivity contribution in [2.24, 2.45) is 0 Å². The number of aromatic nitrogens is 2. The van der Waals surface area contributed by atoms with Gasteiger partial charge >= 0.3 is 0 Å². The highest BCUT2D eigenvalue weighted by Crippen LogP contribution is 2.14. The molecule has 3 rings (SSSR count). The first-order valence-corrected chi connectivity index (χ1v) is 8.46. The molecule has 0 saturated carbocycles. The van der Waals surface area contributed by atoms with E-state index in [0.29, 0.717) is 12.1 Å². The maximum Gasteiger partial charge on any atom is 0.270 e. The number of para-hydroxylation sites is 1. The van der Waals surface area contributed by atoms with Crippen molar-refractivity contribution >= 4 is 15.7 Å². The van der Waals surface area contributed by atoms with Crippen molar-refractivity contribution < 1.29 is 13.2 Å². The molecule has 1 atom stereocenters. The van der Waals surface area contributed by atoms with Crippen LogP contribution < -0.4 is 5.32 Å². The van der Waals surface area contributed by atoms with Crippen LogP contribution in [0.1, 0.15) is 16.9 Å². The number of nitrogens with zero attached hydrogens (tertiary/aromatic N) is 2. The molecular formula is C14H15N3O3S. The molecule has 21 heavy (non-hydrogen) atoms. The lowest BCUT2D eigenvalue weighted by Crippen LogP contribution is -2.36. The Hall–Kier alpha value is -2.15. The van der Waals surface area contributed by atoms with Crippen LogP contribution in [-0.4, -0.2) is 41.4 Å². The van der Waals surface area contributed by atoms with Crippen LogP contribution in [0.2, 0.25) is 0 Å². The first-order chi connectivity index (χ1) is 10.1. The van der Waals surface area contributed by atoms with Gasteiger partial charge in [-0.15, -0.1) is 0 Å². The van der Waals surface area contributed by atoms with Crippen LogP contribution in [0.3, 0.4) is 0 Å². The van der Waals surface area contributed by atoms with Gasteiger partial charge in [0, 0.05) is 11.7 Å². The fourth-order valence-corrected chi connectivity index (χ4v) is 4.10. The van der Waals surface area contributed by atoms with Crippen LogP contribution in [-0.2, 0) is 9.84 Å². The zero-order chi connectivity index (χ0) is 14.9. The molecule has 1 amide bonds. The molecule has 2 heterocycles. The van der Waals surface area contributed by atoms with Gasteiger partial charge in [-0.25, -0.2) is 13.4 Å². The van der Waals surface area contributed by atoms with Gasteiger partial charge in [0.05, 0.1) is 24.0 Å². The maximum atomic E-state index is 12.3. The minimum atomic E-state index is -3.01. The van der Waals surface area contributed by atoms with Gasteiger partial charge in [0.1, 0.15) is 5.69 Å². The summed E-state index contributed by atoms with van der Waals surface area (Å²) in [5.41, 5.74) is 1.23. The minimum absolute atomic E-state index is 0.0121. The van der Waals surface area contributed by atoms with E-state index in [9.17, 15) is 13.2 Å². The molecule has 7 heteroatoms. The van der Waals surface area contributed by atoms with Gasteiger partial charge < -0.3 is 5.32 Å². The van der Waals surface area contributed by atoms with Gasteiger partial charge in [0.2, 0.25) is 0 Å². The SMILES string of the molecule is O=C(N[C@@H]1CCS(=O)(=O)C1)c1cncn1-c1ccccc1. The molecule has 1 aliphatic heterocycles. The van der Waals surface area contributed by atoms with Crippen LogP contribution in [0.5, 0.6) is 0 Å². The Balaban J connectivity index is 1.79. The van der Waals surface area contributed by atoms with Gasteiger partial charge in [-0.2, -0.15) is 0 Å². The number of carbonyl (C=O) groups is 1. The van der Waals surface area contributed by atoms with Gasteiger partial charge in [-0.05, 0) is 18.6 Å². The highest BCUT2D eigenvalue weighted by atomic mass is 32.2. The number of amides is 1. The standard InChI is InChI=1S/C14H15N3O3S/c18-14(16-11-6-7-21(19,20)9-11)13-8-15-10-17(13)12-4-2-1-3-5-12/h1-5,8,10-11H,6-7,9H2,(H,16,18)/t11-/m1/s1. The topological polar surface area (TPSA) is 81.1 Å². The van der Waals surface area contributed by atoms with E-state index >= 15 is 0 Å². The van der Waals surface area contributed by atoms with Crippen molar-refractivity contribution in [2.45, 2.75) is 12.5 Å². The summed E-state index contributed by atoms with van der Waals surface area (Å²) in [6.07, 6.45) is 3.51. The number of nitrogens with one attached hydrogen (secondary N) is 1. The fraction of sp³-hybridized carbons (Fsp3) is 0.286. The molecule has 110 valence electrons. The van der Waals surface area contributed by atoms with Crippen molar-refractivity contribution in [3.63, 3.8) is 0 Å². The molecule has 1 saturated heterocycles. The molecule has 0 spiro atoms. The van der Waals surface area contributed by atoms with Gasteiger partial charge in [0.15, 0.2) is 9.84 Å². The first kappa shape index (κ1) is 13.8. The summed E-state index contributed by atoms with van der Waals surface area (Å²) in [5.74, 6) is -0.160. The van der Waals surface area contributed by atoms with Crippen molar-refractivity contribution in [1.29, 1.82) is 0 Å². The Morgan fingerprint density at radius 1 is 1.29 bits per heavy atom. The lowest BCUT2D eigenvalue weighted by molar-refractivity contribution is 0.0934. The Kier molecular flexibility index (Phi) is 3.50. The highest BCUT2D eigenvalue weighted by Gasteiger charge is 2.29. The molecular weight excluding hydrogens is 290 g/mol. The summed E-state index contributed by atoms with van der Waals surface area (Å²) < 4.78 is 24.5. The van der Waals surface area contributed by atoms with E-state index in [0.717, 1.165) is 5.69 Å². The van der Waals surface area contributed by atoms with Crippen molar-refractivity contribution in [1.82, 2.24) is 14.9 Å². The lowest BCUT2D eigenvalue weighted by Gasteiger charge is -2.12. The van der Waals surface area contributed by atoms with Crippen LogP contribution >= 0.6 is 0 Å². The van der Waals surface area contributed by atoms with E-state index in [4.69, 9.17) is 0 Å². The quantitative estimate of drug-likeness (QED) is 0.909. The number of hydrogen-bond donors (Lipinski definition) is 1. The summed E-state index contributed by atoms with van der Waals surface area (Å²) in [7, 11) is -3.01. The monoisotopic (exact) mass is 305 g/mol. The summed E-state index contributed by atoms with van der Waals surface area (Å²) in [6, 6.07) is 9.07. The van der Waals surface area contributed by atoms with Crippen molar-refractivity contribution in [3.05, 3.63) is 48.5 Å². The zero-order valence-corrected chi connectivity index (χ0v) is 12.1. The molecule has 1 aliphatic rings. The van der Waals surface area contributed by atoms with Crippen molar-refractivity contribution in [3.8, 4) is 5.69 Å². The van der Waals surface area contributed by atoms with E-state index in [-0.39, 0.29) is 23.5 Å². The van der Waals surface area contributed by atoms with Crippen LogP contribution in [0.4, 0.5) is 0 Å². The molecule has 1 aromatic heterocycles. The fourth-order valence-electron chi connectivity index (χ4n) is 2.43. The Labute approximate surface area is 122 Å². The second kappa shape index (κ2) is 5.33. The second-order valence-electron chi connectivity index (χ2n) is 5.06. The zero-order valence-electron chi connectivity index (χ0n) is 11.3. The van der Waals surface area contributed by atoms with Gasteiger partial charge in [-0.1, -0.05) is 18.2 Å². The maximum absolute atomic E-state index is 12.3. The van der Waals surface area contributed by atoms with Crippen LogP contribution in [0, 0.1) is 0 Å². The average Bonchev–Trinajstić information content (AvgIpc) is 3.06. The minimum Gasteiger partial charge on any atom is -0.347 e. The molecule has 1 aromatic carbocycles. The Bertz CT molecular complexity index is 753. The summed E-state index contributed by atoms with van der Waals surface area (Å²) in [4.78, 5) is 16.3. The molecule has 0 aliphatic carbocycles. The largest absolute Gasteiger partial charge is 0.347 e. The number of sulfone groups is 1. The number of benzene rings is 1. The third-order valence-corrected chi connectivity index (χ3v) is 5.24. The van der Waals surface area contributed by atoms with E-state index in [1.165, 1.54) is 6.20 Å². The number of imidazole rings is 1. The Morgan fingerprint density at radius 2 is 2.05 bits per heavy atom. The summed E-state index contributed by atoms with van der Waals surface area (Å²) >= 11 is 0. The number of hydrogen-bond acceptors (Lipinski definition) is 4. The van der Waals surface area contributed by atoms with E-state index in [2.05, 4.69) is 10.3 Å². The van der Waals surface area contributed by atoms with E-state index < -0.39 is 9.84 Å². The third-order valence-electron chi connectivity index (χ3n) is 3.47. The third kappa shape index (κ3) is 2.97. The lowest BCUT2D eigenvalue weighted by atomic mass is 10.2. The summed E-state index contributed by atoms with van der Waals surface area (Å²) in [5, 5.41) is 2.77. The molecule has 6 nitrogen and oxygen atoms in total. The first-order valence-electron chi connectivity index (χ1n) is 6.64. The van der Waals surface area contributed by atoms with Crippen molar-refractivity contribution in [2.75, 3.05) is 11.5 Å². The smallest absolute Gasteiger partial charge is 0.270 e. The number of carbonyl (C=O) groups excluding carboxylic acids is 1. The molecule has 0 radical (unpaired) electrons. The normalized spacial score (nSPS) is 20.3. The van der Waals surface area contributed by atoms with E-state index in [1.54, 1.807) is 10.9 Å². The predicted octanol–water partition coefficient (Wildman–Crippen LogP) is 0.789. The number of rotatable bonds is 3.